The van der Waals surface area contributed by atoms with Crippen LogP contribution in [-0.2, 0) is 4.79 Å². The maximum Gasteiger partial charge on any atom is 0.226 e. The Morgan fingerprint density at radius 1 is 1.37 bits per heavy atom. The maximum atomic E-state index is 12.7. The predicted molar refractivity (Wildman–Crippen MR) is 78.7 cm³/mol. The third kappa shape index (κ3) is 3.31. The highest BCUT2D eigenvalue weighted by Gasteiger charge is 2.38. The first-order valence-corrected chi connectivity index (χ1v) is 8.08. The lowest BCUT2D eigenvalue weighted by molar-refractivity contribution is -0.140. The second kappa shape index (κ2) is 6.25. The van der Waals surface area contributed by atoms with Crippen molar-refractivity contribution in [3.8, 4) is 0 Å². The zero-order valence-electron chi connectivity index (χ0n) is 12.7. The van der Waals surface area contributed by atoms with Gasteiger partial charge in [-0.25, -0.2) is 0 Å². The van der Waals surface area contributed by atoms with Gasteiger partial charge in [-0.15, -0.1) is 0 Å². The molecule has 0 aromatic carbocycles. The standard InChI is InChI=1S/C16H30N2O/c1-3-8-16(2)9-5-10-18(12-16)15(19)14-7-4-6-13(14)11-17/h13-14H,3-12,17H2,1-2H3/t13-,14-,16?/m1/s1. The molecule has 0 radical (unpaired) electrons. The van der Waals surface area contributed by atoms with Crippen LogP contribution >= 0.6 is 0 Å². The van der Waals surface area contributed by atoms with E-state index in [1.54, 1.807) is 0 Å². The van der Waals surface area contributed by atoms with Crippen molar-refractivity contribution in [1.29, 1.82) is 0 Å². The molecule has 0 spiro atoms. The largest absolute Gasteiger partial charge is 0.342 e. The van der Waals surface area contributed by atoms with Crippen molar-refractivity contribution in [1.82, 2.24) is 4.90 Å². The quantitative estimate of drug-likeness (QED) is 0.850. The van der Waals surface area contributed by atoms with E-state index in [2.05, 4.69) is 18.7 Å². The molecule has 110 valence electrons. The molecule has 3 heteroatoms. The topological polar surface area (TPSA) is 46.3 Å². The molecule has 0 aromatic heterocycles. The Labute approximate surface area is 117 Å². The third-order valence-corrected chi connectivity index (χ3v) is 5.23. The van der Waals surface area contributed by atoms with Crippen molar-refractivity contribution in [2.45, 2.75) is 58.8 Å². The number of piperidine rings is 1. The summed E-state index contributed by atoms with van der Waals surface area (Å²) >= 11 is 0. The van der Waals surface area contributed by atoms with Crippen molar-refractivity contribution in [2.75, 3.05) is 19.6 Å². The average molecular weight is 266 g/mol. The third-order valence-electron chi connectivity index (χ3n) is 5.23. The van der Waals surface area contributed by atoms with E-state index in [4.69, 9.17) is 5.73 Å². The number of rotatable bonds is 4. The Morgan fingerprint density at radius 2 is 2.16 bits per heavy atom. The minimum Gasteiger partial charge on any atom is -0.342 e. The van der Waals surface area contributed by atoms with Gasteiger partial charge in [-0.2, -0.15) is 0 Å². The van der Waals surface area contributed by atoms with Crippen LogP contribution in [0.3, 0.4) is 0 Å². The second-order valence-corrected chi connectivity index (χ2v) is 6.96. The molecule has 19 heavy (non-hydrogen) atoms. The molecule has 1 amide bonds. The molecule has 1 saturated heterocycles. The summed E-state index contributed by atoms with van der Waals surface area (Å²) in [5.74, 6) is 1.05. The van der Waals surface area contributed by atoms with E-state index in [0.29, 0.717) is 23.8 Å². The highest BCUT2D eigenvalue weighted by atomic mass is 16.2. The van der Waals surface area contributed by atoms with Gasteiger partial charge in [-0.3, -0.25) is 4.79 Å². The normalized spacial score (nSPS) is 35.6. The lowest BCUT2D eigenvalue weighted by Crippen LogP contribution is -2.48. The highest BCUT2D eigenvalue weighted by molar-refractivity contribution is 5.79. The summed E-state index contributed by atoms with van der Waals surface area (Å²) in [4.78, 5) is 14.9. The molecule has 2 rings (SSSR count). The molecular formula is C16H30N2O. The van der Waals surface area contributed by atoms with Crippen LogP contribution in [0.5, 0.6) is 0 Å². The van der Waals surface area contributed by atoms with E-state index in [-0.39, 0.29) is 5.92 Å². The number of hydrogen-bond donors (Lipinski definition) is 1. The Kier molecular flexibility index (Phi) is 4.88. The van der Waals surface area contributed by atoms with Gasteiger partial charge in [0.25, 0.3) is 0 Å². The lowest BCUT2D eigenvalue weighted by atomic mass is 9.78. The zero-order chi connectivity index (χ0) is 13.9. The summed E-state index contributed by atoms with van der Waals surface area (Å²) < 4.78 is 0. The number of nitrogens with two attached hydrogens (primary N) is 1. The van der Waals surface area contributed by atoms with Crippen LogP contribution in [0.2, 0.25) is 0 Å². The van der Waals surface area contributed by atoms with Gasteiger partial charge in [0.2, 0.25) is 5.91 Å². The molecule has 0 aromatic rings. The average Bonchev–Trinajstić information content (AvgIpc) is 2.86. The Balaban J connectivity index is 1.99. The molecule has 0 bridgehead atoms. The summed E-state index contributed by atoms with van der Waals surface area (Å²) in [5.41, 5.74) is 6.17. The number of likely N-dealkylation sites (tertiary alicyclic amines) is 1. The van der Waals surface area contributed by atoms with Gasteiger partial charge < -0.3 is 10.6 Å². The fraction of sp³-hybridized carbons (Fsp3) is 0.938. The Bertz CT molecular complexity index is 314. The zero-order valence-corrected chi connectivity index (χ0v) is 12.7. The van der Waals surface area contributed by atoms with Gasteiger partial charge in [-0.1, -0.05) is 26.7 Å². The molecule has 3 nitrogen and oxygen atoms in total. The van der Waals surface area contributed by atoms with Crippen LogP contribution in [0.1, 0.15) is 58.8 Å². The summed E-state index contributed by atoms with van der Waals surface area (Å²) in [5, 5.41) is 0. The van der Waals surface area contributed by atoms with Crippen molar-refractivity contribution in [2.24, 2.45) is 23.0 Å². The number of nitrogens with zero attached hydrogens (tertiary/aromatic N) is 1. The maximum absolute atomic E-state index is 12.7. The molecule has 1 saturated carbocycles. The number of carbonyl (C=O) groups is 1. The summed E-state index contributed by atoms with van der Waals surface area (Å²) in [6.45, 7) is 7.20. The highest BCUT2D eigenvalue weighted by Crippen LogP contribution is 2.37. The van der Waals surface area contributed by atoms with E-state index < -0.39 is 0 Å². The van der Waals surface area contributed by atoms with Gasteiger partial charge in [0.1, 0.15) is 0 Å². The fourth-order valence-electron chi connectivity index (χ4n) is 4.19. The van der Waals surface area contributed by atoms with Gasteiger partial charge in [-0.05, 0) is 50.0 Å². The van der Waals surface area contributed by atoms with E-state index in [1.165, 1.54) is 32.1 Å². The molecule has 2 fully saturated rings. The fourth-order valence-corrected chi connectivity index (χ4v) is 4.19. The monoisotopic (exact) mass is 266 g/mol. The molecule has 1 unspecified atom stereocenters. The first kappa shape index (κ1) is 14.8. The van der Waals surface area contributed by atoms with Crippen molar-refractivity contribution in [3.05, 3.63) is 0 Å². The van der Waals surface area contributed by atoms with E-state index in [1.807, 2.05) is 0 Å². The van der Waals surface area contributed by atoms with Crippen LogP contribution in [0.15, 0.2) is 0 Å². The molecular weight excluding hydrogens is 236 g/mol. The first-order chi connectivity index (χ1) is 9.09. The minimum absolute atomic E-state index is 0.217. The van der Waals surface area contributed by atoms with Crippen molar-refractivity contribution < 1.29 is 4.79 Å². The smallest absolute Gasteiger partial charge is 0.226 e. The molecule has 1 heterocycles. The summed E-state index contributed by atoms with van der Waals surface area (Å²) in [7, 11) is 0. The predicted octanol–water partition coefficient (Wildman–Crippen LogP) is 2.79. The van der Waals surface area contributed by atoms with E-state index in [9.17, 15) is 4.79 Å². The lowest BCUT2D eigenvalue weighted by Gasteiger charge is -2.42. The molecule has 3 atom stereocenters. The SMILES string of the molecule is CCCC1(C)CCCN(C(=O)[C@@H]2CCC[C@@H]2CN)C1. The molecule has 2 aliphatic rings. The van der Waals surface area contributed by atoms with Gasteiger partial charge in [0.15, 0.2) is 0 Å². The number of carbonyl (C=O) groups excluding carboxylic acids is 1. The first-order valence-electron chi connectivity index (χ1n) is 8.08. The van der Waals surface area contributed by atoms with Gasteiger partial charge >= 0.3 is 0 Å². The van der Waals surface area contributed by atoms with Crippen LogP contribution in [-0.4, -0.2) is 30.4 Å². The van der Waals surface area contributed by atoms with E-state index in [0.717, 1.165) is 25.9 Å². The Morgan fingerprint density at radius 3 is 2.84 bits per heavy atom. The van der Waals surface area contributed by atoms with Crippen molar-refractivity contribution >= 4 is 5.91 Å². The van der Waals surface area contributed by atoms with Crippen LogP contribution in [0.4, 0.5) is 0 Å². The van der Waals surface area contributed by atoms with Crippen LogP contribution < -0.4 is 5.73 Å². The van der Waals surface area contributed by atoms with Crippen LogP contribution in [0.25, 0.3) is 0 Å². The van der Waals surface area contributed by atoms with Gasteiger partial charge in [0, 0.05) is 19.0 Å². The molecule has 1 aliphatic heterocycles. The number of amides is 1. The number of hydrogen-bond acceptors (Lipinski definition) is 2. The summed E-state index contributed by atoms with van der Waals surface area (Å²) in [6, 6.07) is 0. The van der Waals surface area contributed by atoms with Gasteiger partial charge in [0.05, 0.1) is 0 Å². The molecule has 1 aliphatic carbocycles. The van der Waals surface area contributed by atoms with E-state index >= 15 is 0 Å². The minimum atomic E-state index is 0.217. The summed E-state index contributed by atoms with van der Waals surface area (Å²) in [6.07, 6.45) is 8.28. The molecule has 2 N–H and O–H groups in total. The van der Waals surface area contributed by atoms with Crippen molar-refractivity contribution in [3.63, 3.8) is 0 Å². The second-order valence-electron chi connectivity index (χ2n) is 6.96. The van der Waals surface area contributed by atoms with Crippen LogP contribution in [0, 0.1) is 17.3 Å². The Hall–Kier alpha value is -0.570.